The summed E-state index contributed by atoms with van der Waals surface area (Å²) in [4.78, 5) is 0.672. The van der Waals surface area contributed by atoms with Gasteiger partial charge in [-0.1, -0.05) is 92.5 Å². The van der Waals surface area contributed by atoms with E-state index in [1.54, 1.807) is 0 Å². The zero-order chi connectivity index (χ0) is 18.7. The van der Waals surface area contributed by atoms with Crippen LogP contribution in [0.1, 0.15) is 36.8 Å². The summed E-state index contributed by atoms with van der Waals surface area (Å²) in [6.07, 6.45) is 3.42. The number of rotatable bonds is 4. The minimum absolute atomic E-state index is 0.336. The van der Waals surface area contributed by atoms with Gasteiger partial charge in [0.25, 0.3) is 0 Å². The highest BCUT2D eigenvalue weighted by Gasteiger charge is 2.50. The van der Waals surface area contributed by atoms with Crippen molar-refractivity contribution in [2.45, 2.75) is 46.9 Å². The van der Waals surface area contributed by atoms with Gasteiger partial charge in [0, 0.05) is 33.6 Å². The SMILES string of the molecule is BrC1CCOC(OC2(c3ccccc3)CC(Br)CCO2)(c2ccccc2)C1. The Morgan fingerprint density at radius 2 is 1.11 bits per heavy atom. The summed E-state index contributed by atoms with van der Waals surface area (Å²) >= 11 is 7.60. The van der Waals surface area contributed by atoms with E-state index in [1.807, 2.05) is 36.4 Å². The zero-order valence-electron chi connectivity index (χ0n) is 15.2. The molecule has 2 saturated heterocycles. The van der Waals surface area contributed by atoms with Crippen molar-refractivity contribution in [3.05, 3.63) is 71.8 Å². The molecule has 0 N–H and O–H groups in total. The molecule has 4 unspecified atom stereocenters. The van der Waals surface area contributed by atoms with Crippen molar-refractivity contribution < 1.29 is 14.2 Å². The highest BCUT2D eigenvalue weighted by molar-refractivity contribution is 9.09. The summed E-state index contributed by atoms with van der Waals surface area (Å²) in [7, 11) is 0. The molecule has 4 atom stereocenters. The molecular weight excluding hydrogens is 472 g/mol. The molecule has 2 aromatic carbocycles. The van der Waals surface area contributed by atoms with Crippen molar-refractivity contribution in [3.63, 3.8) is 0 Å². The first-order valence-corrected chi connectivity index (χ1v) is 11.3. The molecule has 27 heavy (non-hydrogen) atoms. The van der Waals surface area contributed by atoms with Crippen LogP contribution in [0, 0.1) is 0 Å². The molecule has 0 bridgehead atoms. The van der Waals surface area contributed by atoms with E-state index in [4.69, 9.17) is 14.2 Å². The maximum atomic E-state index is 6.92. The van der Waals surface area contributed by atoms with Gasteiger partial charge in [0.1, 0.15) is 0 Å². The molecule has 2 heterocycles. The first-order chi connectivity index (χ1) is 13.1. The van der Waals surface area contributed by atoms with E-state index in [-0.39, 0.29) is 0 Å². The predicted molar refractivity (Wildman–Crippen MR) is 113 cm³/mol. The van der Waals surface area contributed by atoms with E-state index < -0.39 is 11.6 Å². The van der Waals surface area contributed by atoms with E-state index in [0.717, 1.165) is 36.8 Å². The molecule has 0 aliphatic carbocycles. The van der Waals surface area contributed by atoms with Crippen LogP contribution in [-0.2, 0) is 25.8 Å². The first kappa shape index (κ1) is 19.6. The molecule has 0 aromatic heterocycles. The van der Waals surface area contributed by atoms with Gasteiger partial charge in [-0.15, -0.1) is 0 Å². The monoisotopic (exact) mass is 494 g/mol. The van der Waals surface area contributed by atoms with Crippen LogP contribution in [0.25, 0.3) is 0 Å². The topological polar surface area (TPSA) is 27.7 Å². The normalized spacial score (nSPS) is 34.3. The molecule has 0 saturated carbocycles. The van der Waals surface area contributed by atoms with Gasteiger partial charge in [0.15, 0.2) is 11.6 Å². The van der Waals surface area contributed by atoms with Crippen LogP contribution < -0.4 is 0 Å². The van der Waals surface area contributed by atoms with Crippen molar-refractivity contribution in [2.75, 3.05) is 13.2 Å². The van der Waals surface area contributed by atoms with E-state index in [2.05, 4.69) is 56.1 Å². The lowest BCUT2D eigenvalue weighted by atomic mass is 9.93. The third kappa shape index (κ3) is 4.18. The van der Waals surface area contributed by atoms with Crippen LogP contribution in [-0.4, -0.2) is 22.9 Å². The average Bonchev–Trinajstić information content (AvgIpc) is 2.69. The Hall–Kier alpha value is -0.720. The molecule has 0 radical (unpaired) electrons. The summed E-state index contributed by atoms with van der Waals surface area (Å²) in [5.41, 5.74) is 2.06. The summed E-state index contributed by atoms with van der Waals surface area (Å²) in [5, 5.41) is 0. The summed E-state index contributed by atoms with van der Waals surface area (Å²) in [5.74, 6) is -1.68. The fourth-order valence-electron chi connectivity index (χ4n) is 3.92. The van der Waals surface area contributed by atoms with Gasteiger partial charge in [-0.3, -0.25) is 0 Å². The Bertz CT molecular complexity index is 678. The quantitative estimate of drug-likeness (QED) is 0.497. The van der Waals surface area contributed by atoms with Gasteiger partial charge in [0.2, 0.25) is 0 Å². The minimum Gasteiger partial charge on any atom is -0.346 e. The number of alkyl halides is 2. The fraction of sp³-hybridized carbons (Fsp3) is 0.455. The van der Waals surface area contributed by atoms with E-state index in [9.17, 15) is 0 Å². The van der Waals surface area contributed by atoms with Crippen molar-refractivity contribution in [3.8, 4) is 0 Å². The van der Waals surface area contributed by atoms with Gasteiger partial charge in [-0.05, 0) is 12.8 Å². The smallest absolute Gasteiger partial charge is 0.199 e. The van der Waals surface area contributed by atoms with Gasteiger partial charge in [-0.2, -0.15) is 0 Å². The van der Waals surface area contributed by atoms with Gasteiger partial charge in [0.05, 0.1) is 13.2 Å². The molecule has 3 nitrogen and oxygen atoms in total. The van der Waals surface area contributed by atoms with Crippen LogP contribution in [0.4, 0.5) is 0 Å². The Morgan fingerprint density at radius 3 is 1.48 bits per heavy atom. The number of halogens is 2. The lowest BCUT2D eigenvalue weighted by Gasteiger charge is -2.48. The summed E-state index contributed by atoms with van der Waals surface area (Å²) in [6.45, 7) is 1.29. The van der Waals surface area contributed by atoms with Crippen LogP contribution in [0.5, 0.6) is 0 Å². The van der Waals surface area contributed by atoms with E-state index >= 15 is 0 Å². The molecule has 4 rings (SSSR count). The second kappa shape index (κ2) is 8.34. The lowest BCUT2D eigenvalue weighted by Crippen LogP contribution is -2.50. The van der Waals surface area contributed by atoms with Crippen molar-refractivity contribution in [2.24, 2.45) is 0 Å². The van der Waals surface area contributed by atoms with E-state index in [0.29, 0.717) is 22.9 Å². The third-order valence-electron chi connectivity index (χ3n) is 5.27. The Morgan fingerprint density at radius 1 is 0.704 bits per heavy atom. The molecule has 2 aliphatic rings. The zero-order valence-corrected chi connectivity index (χ0v) is 18.3. The molecule has 2 aliphatic heterocycles. The third-order valence-corrected chi connectivity index (χ3v) is 6.83. The summed E-state index contributed by atoms with van der Waals surface area (Å²) < 4.78 is 19.6. The molecule has 144 valence electrons. The number of hydrogen-bond donors (Lipinski definition) is 0. The Kier molecular flexibility index (Phi) is 6.05. The van der Waals surface area contributed by atoms with Crippen molar-refractivity contribution >= 4 is 31.9 Å². The van der Waals surface area contributed by atoms with Crippen molar-refractivity contribution in [1.82, 2.24) is 0 Å². The molecule has 0 spiro atoms. The molecule has 5 heteroatoms. The Balaban J connectivity index is 1.77. The standard InChI is InChI=1S/C22H24Br2O3/c23-19-11-13-25-21(15-19,17-7-3-1-4-8-17)27-22(16-20(24)12-14-26-22)18-9-5-2-6-10-18/h1-10,19-20H,11-16H2. The summed E-state index contributed by atoms with van der Waals surface area (Å²) in [6, 6.07) is 20.5. The maximum absolute atomic E-state index is 6.92. The molecule has 2 fully saturated rings. The second-order valence-corrected chi connectivity index (χ2v) is 9.81. The Labute approximate surface area is 177 Å². The fourth-order valence-corrected chi connectivity index (χ4v) is 5.15. The first-order valence-electron chi connectivity index (χ1n) is 9.49. The number of hydrogen-bond acceptors (Lipinski definition) is 3. The van der Waals surface area contributed by atoms with Crippen LogP contribution in [0.2, 0.25) is 0 Å². The van der Waals surface area contributed by atoms with Gasteiger partial charge < -0.3 is 14.2 Å². The largest absolute Gasteiger partial charge is 0.346 e. The van der Waals surface area contributed by atoms with Gasteiger partial charge >= 0.3 is 0 Å². The number of ether oxygens (including phenoxy) is 3. The molecule has 0 amide bonds. The predicted octanol–water partition coefficient (Wildman–Crippen LogP) is 5.86. The van der Waals surface area contributed by atoms with Crippen LogP contribution in [0.15, 0.2) is 60.7 Å². The lowest BCUT2D eigenvalue weighted by molar-refractivity contribution is -0.390. The second-order valence-electron chi connectivity index (χ2n) is 7.22. The molecular formula is C22H24Br2O3. The maximum Gasteiger partial charge on any atom is 0.199 e. The van der Waals surface area contributed by atoms with Crippen molar-refractivity contribution in [1.29, 1.82) is 0 Å². The average molecular weight is 496 g/mol. The molecule has 2 aromatic rings. The van der Waals surface area contributed by atoms with Crippen LogP contribution in [0.3, 0.4) is 0 Å². The number of benzene rings is 2. The highest BCUT2D eigenvalue weighted by atomic mass is 79.9. The highest BCUT2D eigenvalue weighted by Crippen LogP contribution is 2.48. The van der Waals surface area contributed by atoms with Crippen LogP contribution >= 0.6 is 31.9 Å². The minimum atomic E-state index is -0.840. The van der Waals surface area contributed by atoms with Gasteiger partial charge in [-0.25, -0.2) is 0 Å². The van der Waals surface area contributed by atoms with E-state index in [1.165, 1.54) is 0 Å².